The van der Waals surface area contributed by atoms with Crippen LogP contribution in [0.2, 0.25) is 0 Å². The summed E-state index contributed by atoms with van der Waals surface area (Å²) < 4.78 is 37.5. The molecule has 0 bridgehead atoms. The van der Waals surface area contributed by atoms with Crippen molar-refractivity contribution in [2.45, 2.75) is 12.7 Å². The normalized spacial score (nSPS) is 23.0. The summed E-state index contributed by atoms with van der Waals surface area (Å²) in [6, 6.07) is 6.01. The van der Waals surface area contributed by atoms with Crippen molar-refractivity contribution in [3.8, 4) is 0 Å². The number of pyridine rings is 1. The summed E-state index contributed by atoms with van der Waals surface area (Å²) in [5, 5.41) is 12.0. The van der Waals surface area contributed by atoms with E-state index >= 15 is 0 Å². The second-order valence-corrected chi connectivity index (χ2v) is 8.14. The molecule has 0 saturated carbocycles. The largest absolute Gasteiger partial charge is 0.490 e. The number of rotatable bonds is 5. The number of nitrogens with zero attached hydrogens (tertiary/aromatic N) is 3. The van der Waals surface area contributed by atoms with Crippen LogP contribution in [0, 0.1) is 11.3 Å². The Bertz CT molecular complexity index is 882. The van der Waals surface area contributed by atoms with Crippen LogP contribution in [0.1, 0.15) is 16.2 Å². The van der Waals surface area contributed by atoms with Crippen molar-refractivity contribution in [1.82, 2.24) is 20.2 Å². The zero-order valence-corrected chi connectivity index (χ0v) is 17.2. The Kier molecular flexibility index (Phi) is 7.23. The summed E-state index contributed by atoms with van der Waals surface area (Å²) in [6.07, 6.45) is -3.25. The predicted molar refractivity (Wildman–Crippen MR) is 104 cm³/mol. The number of halogens is 3. The number of carbonyl (C=O) groups excluding carboxylic acids is 1. The molecule has 2 fully saturated rings. The Labute approximate surface area is 180 Å². The number of thiazole rings is 1. The number of carbonyl (C=O) groups is 2. The molecule has 2 aromatic heterocycles. The fourth-order valence-electron chi connectivity index (χ4n) is 3.71. The summed E-state index contributed by atoms with van der Waals surface area (Å²) in [6.45, 7) is 4.86. The zero-order valence-electron chi connectivity index (χ0n) is 16.3. The van der Waals surface area contributed by atoms with Gasteiger partial charge in [0.1, 0.15) is 5.69 Å². The number of aliphatic carboxylic acids is 1. The molecular formula is C19H21F3N4O4S. The molecule has 168 valence electrons. The third-order valence-corrected chi connectivity index (χ3v) is 5.80. The number of hydrogen-bond donors (Lipinski definition) is 2. The van der Waals surface area contributed by atoms with Gasteiger partial charge in [0, 0.05) is 49.1 Å². The van der Waals surface area contributed by atoms with Crippen molar-refractivity contribution in [1.29, 1.82) is 0 Å². The van der Waals surface area contributed by atoms with Gasteiger partial charge in [-0.2, -0.15) is 13.2 Å². The van der Waals surface area contributed by atoms with E-state index < -0.39 is 12.1 Å². The van der Waals surface area contributed by atoms with Gasteiger partial charge in [-0.05, 0) is 12.1 Å². The molecule has 2 atom stereocenters. The summed E-state index contributed by atoms with van der Waals surface area (Å²) in [5.74, 6) is -2.40. The van der Waals surface area contributed by atoms with Gasteiger partial charge in [-0.3, -0.25) is 14.7 Å². The molecule has 0 unspecified atom stereocenters. The number of fused-ring (bicyclic) bond motifs is 1. The summed E-state index contributed by atoms with van der Waals surface area (Å²) >= 11 is 1.43. The molecule has 4 heterocycles. The minimum Gasteiger partial charge on any atom is -0.475 e. The van der Waals surface area contributed by atoms with Crippen LogP contribution in [0.4, 0.5) is 13.2 Å². The summed E-state index contributed by atoms with van der Waals surface area (Å²) in [7, 11) is 0. The van der Waals surface area contributed by atoms with Crippen LogP contribution in [0.3, 0.4) is 0 Å². The van der Waals surface area contributed by atoms with Crippen LogP contribution >= 0.6 is 11.3 Å². The van der Waals surface area contributed by atoms with Gasteiger partial charge >= 0.3 is 12.1 Å². The Hall–Kier alpha value is -2.57. The molecule has 0 radical (unpaired) electrons. The van der Waals surface area contributed by atoms with Crippen molar-refractivity contribution in [2.24, 2.45) is 11.3 Å². The molecular weight excluding hydrogens is 437 g/mol. The first kappa shape index (κ1) is 23.1. The number of hydrogen-bond acceptors (Lipinski definition) is 7. The van der Waals surface area contributed by atoms with Crippen molar-refractivity contribution in [3.05, 3.63) is 46.7 Å². The monoisotopic (exact) mass is 458 g/mol. The zero-order chi connectivity index (χ0) is 22.5. The highest BCUT2D eigenvalue weighted by Crippen LogP contribution is 2.41. The van der Waals surface area contributed by atoms with Crippen molar-refractivity contribution in [2.75, 3.05) is 32.8 Å². The number of nitrogens with one attached hydrogen (secondary N) is 1. The summed E-state index contributed by atoms with van der Waals surface area (Å²) in [5.41, 5.74) is 3.26. The van der Waals surface area contributed by atoms with Gasteiger partial charge in [-0.15, -0.1) is 11.3 Å². The van der Waals surface area contributed by atoms with Gasteiger partial charge in [0.05, 0.1) is 24.4 Å². The SMILES string of the molecule is O=C(NC[C@]12COC[C@H]1CN(Cc1ccccn1)C2)c1cscn1.O=C(O)C(F)(F)F. The third kappa shape index (κ3) is 5.99. The number of likely N-dealkylation sites (tertiary alicyclic amines) is 1. The van der Waals surface area contributed by atoms with E-state index in [9.17, 15) is 18.0 Å². The number of ether oxygens (including phenoxy) is 1. The molecule has 2 aliphatic rings. The number of amides is 1. The molecule has 2 aromatic rings. The predicted octanol–water partition coefficient (Wildman–Crippen LogP) is 2.05. The lowest BCUT2D eigenvalue weighted by Gasteiger charge is -2.27. The number of carboxylic acid groups (broad SMARTS) is 1. The first-order chi connectivity index (χ1) is 14.7. The average Bonchev–Trinajstić information content (AvgIpc) is 3.43. The van der Waals surface area contributed by atoms with Gasteiger partial charge < -0.3 is 15.2 Å². The molecule has 0 aliphatic carbocycles. The number of aromatic nitrogens is 2. The van der Waals surface area contributed by atoms with Crippen LogP contribution < -0.4 is 5.32 Å². The summed E-state index contributed by atoms with van der Waals surface area (Å²) in [4.78, 5) is 32.0. The molecule has 4 rings (SSSR count). The molecule has 2 saturated heterocycles. The fraction of sp³-hybridized carbons (Fsp3) is 0.474. The van der Waals surface area contributed by atoms with E-state index in [2.05, 4.69) is 26.3 Å². The van der Waals surface area contributed by atoms with Gasteiger partial charge in [0.15, 0.2) is 0 Å². The second-order valence-electron chi connectivity index (χ2n) is 7.42. The van der Waals surface area contributed by atoms with Gasteiger partial charge in [-0.25, -0.2) is 9.78 Å². The second kappa shape index (κ2) is 9.71. The first-order valence-corrected chi connectivity index (χ1v) is 10.3. The van der Waals surface area contributed by atoms with Crippen molar-refractivity contribution in [3.63, 3.8) is 0 Å². The Morgan fingerprint density at radius 2 is 2.13 bits per heavy atom. The third-order valence-electron chi connectivity index (χ3n) is 5.21. The van der Waals surface area contributed by atoms with E-state index in [4.69, 9.17) is 14.6 Å². The van der Waals surface area contributed by atoms with E-state index in [0.29, 0.717) is 24.8 Å². The topological polar surface area (TPSA) is 105 Å². The average molecular weight is 458 g/mol. The van der Waals surface area contributed by atoms with E-state index in [1.165, 1.54) is 11.3 Å². The quantitative estimate of drug-likeness (QED) is 0.707. The standard InChI is InChI=1S/C17H20N4O2S.C2HF3O2/c22-16(15-8-24-12-20-15)19-9-17-10-21(5-13(17)7-23-11-17)6-14-3-1-2-4-18-14;3-2(4,5)1(6)7/h1-4,8,12-13H,5-7,9-11H2,(H,19,22);(H,6,7)/t13-,17+;/m1./s1. The van der Waals surface area contributed by atoms with Crippen molar-refractivity contribution < 1.29 is 32.6 Å². The Morgan fingerprint density at radius 1 is 1.35 bits per heavy atom. The van der Waals surface area contributed by atoms with Gasteiger partial charge in [0.2, 0.25) is 0 Å². The van der Waals surface area contributed by atoms with Gasteiger partial charge in [-0.1, -0.05) is 6.07 Å². The molecule has 0 spiro atoms. The van der Waals surface area contributed by atoms with E-state index in [-0.39, 0.29) is 11.3 Å². The first-order valence-electron chi connectivity index (χ1n) is 9.36. The fourth-order valence-corrected chi connectivity index (χ4v) is 4.24. The van der Waals surface area contributed by atoms with Crippen LogP contribution in [-0.2, 0) is 16.1 Å². The molecule has 1 amide bonds. The molecule has 2 aliphatic heterocycles. The molecule has 2 N–H and O–H groups in total. The van der Waals surface area contributed by atoms with Crippen LogP contribution in [0.5, 0.6) is 0 Å². The number of carboxylic acids is 1. The number of alkyl halides is 3. The Balaban J connectivity index is 0.000000339. The minimum absolute atomic E-state index is 0.000458. The smallest absolute Gasteiger partial charge is 0.475 e. The van der Waals surface area contributed by atoms with E-state index in [1.807, 2.05) is 18.3 Å². The van der Waals surface area contributed by atoms with E-state index in [0.717, 1.165) is 31.9 Å². The molecule has 0 aromatic carbocycles. The van der Waals surface area contributed by atoms with Crippen molar-refractivity contribution >= 4 is 23.2 Å². The maximum Gasteiger partial charge on any atom is 0.490 e. The highest BCUT2D eigenvalue weighted by Gasteiger charge is 2.50. The Morgan fingerprint density at radius 3 is 2.74 bits per heavy atom. The van der Waals surface area contributed by atoms with Gasteiger partial charge in [0.25, 0.3) is 5.91 Å². The highest BCUT2D eigenvalue weighted by atomic mass is 32.1. The highest BCUT2D eigenvalue weighted by molar-refractivity contribution is 7.07. The lowest BCUT2D eigenvalue weighted by Crippen LogP contribution is -2.43. The maximum absolute atomic E-state index is 12.2. The minimum atomic E-state index is -5.08. The molecule has 31 heavy (non-hydrogen) atoms. The van der Waals surface area contributed by atoms with Crippen LogP contribution in [0.15, 0.2) is 35.3 Å². The molecule has 12 heteroatoms. The maximum atomic E-state index is 12.2. The van der Waals surface area contributed by atoms with Crippen LogP contribution in [0.25, 0.3) is 0 Å². The lowest BCUT2D eigenvalue weighted by atomic mass is 9.81. The lowest BCUT2D eigenvalue weighted by molar-refractivity contribution is -0.192. The van der Waals surface area contributed by atoms with E-state index in [1.54, 1.807) is 10.9 Å². The van der Waals surface area contributed by atoms with Crippen LogP contribution in [-0.4, -0.2) is 70.9 Å². The molecule has 8 nitrogen and oxygen atoms in total.